The Hall–Kier alpha value is -3.15. The molecule has 1 unspecified atom stereocenters. The van der Waals surface area contributed by atoms with Gasteiger partial charge in [-0.1, -0.05) is 43.7 Å². The lowest BCUT2D eigenvalue weighted by molar-refractivity contribution is 0.0275. The van der Waals surface area contributed by atoms with Crippen LogP contribution in [0, 0.1) is 12.7 Å². The fraction of sp³-hybridized carbons (Fsp3) is 0.429. The van der Waals surface area contributed by atoms with E-state index in [1.807, 2.05) is 27.7 Å². The maximum atomic E-state index is 13.6. The average molecular weight is 465 g/mol. The number of carbonyl (C=O) groups excluding carboxylic acids is 1. The summed E-state index contributed by atoms with van der Waals surface area (Å²) in [6, 6.07) is 12.8. The highest BCUT2D eigenvalue weighted by Crippen LogP contribution is 2.39. The molecule has 0 spiro atoms. The number of pyridine rings is 1. The maximum absolute atomic E-state index is 13.6. The van der Waals surface area contributed by atoms with Crippen molar-refractivity contribution >= 4 is 16.9 Å². The van der Waals surface area contributed by atoms with E-state index >= 15 is 0 Å². The fourth-order valence-electron chi connectivity index (χ4n) is 4.32. The molecule has 1 aliphatic rings. The minimum absolute atomic E-state index is 0.134. The van der Waals surface area contributed by atoms with Gasteiger partial charge >= 0.3 is 6.09 Å². The Bertz CT molecular complexity index is 1200. The first kappa shape index (κ1) is 24.0. The molecule has 1 aromatic heterocycles. The summed E-state index contributed by atoms with van der Waals surface area (Å²) in [7, 11) is 0. The first-order valence-electron chi connectivity index (χ1n) is 11.9. The maximum Gasteiger partial charge on any atom is 0.410 e. The molecule has 0 bridgehead atoms. The number of ether oxygens (including phenoxy) is 2. The number of rotatable bonds is 4. The lowest BCUT2D eigenvalue weighted by Gasteiger charge is -2.24. The van der Waals surface area contributed by atoms with Crippen molar-refractivity contribution in [2.45, 2.75) is 65.6 Å². The van der Waals surface area contributed by atoms with Crippen LogP contribution >= 0.6 is 0 Å². The van der Waals surface area contributed by atoms with Gasteiger partial charge in [0.1, 0.15) is 17.5 Å². The van der Waals surface area contributed by atoms with E-state index in [4.69, 9.17) is 14.5 Å². The Labute approximate surface area is 200 Å². The average Bonchev–Trinajstić information content (AvgIpc) is 3.22. The quantitative estimate of drug-likeness (QED) is 0.423. The highest BCUT2D eigenvalue weighted by molar-refractivity contribution is 6.00. The smallest absolute Gasteiger partial charge is 0.410 e. The molecule has 34 heavy (non-hydrogen) atoms. The summed E-state index contributed by atoms with van der Waals surface area (Å²) in [5.74, 6) is 0.443. The molecule has 2 aromatic carbocycles. The van der Waals surface area contributed by atoms with E-state index < -0.39 is 5.60 Å². The second kappa shape index (κ2) is 9.24. The Morgan fingerprint density at radius 1 is 1.12 bits per heavy atom. The number of aromatic nitrogens is 1. The molecule has 3 aromatic rings. The number of benzene rings is 2. The normalized spacial score (nSPS) is 16.4. The number of hydrogen-bond donors (Lipinski definition) is 0. The van der Waals surface area contributed by atoms with Gasteiger partial charge in [-0.25, -0.2) is 14.2 Å². The van der Waals surface area contributed by atoms with Crippen LogP contribution in [0.25, 0.3) is 21.9 Å². The SMILES string of the molecule is Cc1ccc2c(-c3ccc(F)cc3)c(C(C)C)nc(OC3CCN(C(=O)OC(C)(C)C)C3)c2c1. The molecule has 2 heterocycles. The molecular weight excluding hydrogens is 431 g/mol. The van der Waals surface area contributed by atoms with Gasteiger partial charge in [0, 0.05) is 23.9 Å². The number of halogens is 1. The van der Waals surface area contributed by atoms with Crippen LogP contribution in [0.5, 0.6) is 5.88 Å². The standard InChI is InChI=1S/C28H33FN2O3/c1-17(2)25-24(19-8-10-20(29)11-9-19)22-12-7-18(3)15-23(22)26(30-25)33-21-13-14-31(16-21)27(32)34-28(4,5)6/h7-12,15,17,21H,13-14,16H2,1-6H3. The van der Waals surface area contributed by atoms with Gasteiger partial charge in [-0.2, -0.15) is 0 Å². The highest BCUT2D eigenvalue weighted by atomic mass is 19.1. The third kappa shape index (κ3) is 5.16. The lowest BCUT2D eigenvalue weighted by atomic mass is 9.92. The molecule has 1 amide bonds. The van der Waals surface area contributed by atoms with E-state index in [9.17, 15) is 9.18 Å². The molecule has 4 rings (SSSR count). The second-order valence-electron chi connectivity index (χ2n) is 10.3. The van der Waals surface area contributed by atoms with Crippen molar-refractivity contribution in [3.8, 4) is 17.0 Å². The molecule has 0 saturated carbocycles. The van der Waals surface area contributed by atoms with E-state index in [1.165, 1.54) is 12.1 Å². The first-order valence-corrected chi connectivity index (χ1v) is 11.9. The first-order chi connectivity index (χ1) is 16.0. The van der Waals surface area contributed by atoms with Crippen LogP contribution in [0.2, 0.25) is 0 Å². The van der Waals surface area contributed by atoms with Gasteiger partial charge in [-0.3, -0.25) is 0 Å². The molecule has 1 saturated heterocycles. The van der Waals surface area contributed by atoms with Crippen molar-refractivity contribution in [1.82, 2.24) is 9.88 Å². The van der Waals surface area contributed by atoms with Crippen LogP contribution in [0.15, 0.2) is 42.5 Å². The summed E-state index contributed by atoms with van der Waals surface area (Å²) in [6.07, 6.45) is 0.229. The summed E-state index contributed by atoms with van der Waals surface area (Å²) >= 11 is 0. The molecule has 180 valence electrons. The predicted octanol–water partition coefficient (Wildman–Crippen LogP) is 6.86. The van der Waals surface area contributed by atoms with Crippen LogP contribution in [-0.2, 0) is 4.74 Å². The second-order valence-corrected chi connectivity index (χ2v) is 10.3. The topological polar surface area (TPSA) is 51.7 Å². The Morgan fingerprint density at radius 2 is 1.82 bits per heavy atom. The molecule has 0 N–H and O–H groups in total. The summed E-state index contributed by atoms with van der Waals surface area (Å²) in [5, 5.41) is 1.94. The van der Waals surface area contributed by atoms with Crippen LogP contribution in [0.3, 0.4) is 0 Å². The van der Waals surface area contributed by atoms with Crippen molar-refractivity contribution in [3.05, 3.63) is 59.5 Å². The van der Waals surface area contributed by atoms with Gasteiger partial charge in [-0.05, 0) is 62.8 Å². The number of likely N-dealkylation sites (tertiary alicyclic amines) is 1. The van der Waals surface area contributed by atoms with E-state index in [1.54, 1.807) is 17.0 Å². The Balaban J connectivity index is 1.71. The third-order valence-electron chi connectivity index (χ3n) is 5.91. The van der Waals surface area contributed by atoms with Crippen molar-refractivity contribution in [3.63, 3.8) is 0 Å². The minimum atomic E-state index is -0.534. The monoisotopic (exact) mass is 464 g/mol. The van der Waals surface area contributed by atoms with E-state index in [0.717, 1.165) is 33.2 Å². The van der Waals surface area contributed by atoms with Gasteiger partial charge in [0.2, 0.25) is 5.88 Å². The number of carbonyl (C=O) groups is 1. The zero-order valence-electron chi connectivity index (χ0n) is 20.8. The zero-order valence-corrected chi connectivity index (χ0v) is 20.8. The molecule has 6 heteroatoms. The summed E-state index contributed by atoms with van der Waals surface area (Å²) in [4.78, 5) is 19.2. The number of aryl methyl sites for hydroxylation is 1. The molecule has 0 aliphatic carbocycles. The molecule has 1 fully saturated rings. The molecule has 5 nitrogen and oxygen atoms in total. The molecule has 1 aliphatic heterocycles. The Morgan fingerprint density at radius 3 is 2.47 bits per heavy atom. The van der Waals surface area contributed by atoms with Gasteiger partial charge in [0.05, 0.1) is 12.2 Å². The summed E-state index contributed by atoms with van der Waals surface area (Å²) in [5.41, 5.74) is 3.39. The van der Waals surface area contributed by atoms with E-state index in [2.05, 4.69) is 32.0 Å². The van der Waals surface area contributed by atoms with Crippen LogP contribution in [0.1, 0.15) is 58.2 Å². The van der Waals surface area contributed by atoms with Gasteiger partial charge in [0.15, 0.2) is 0 Å². The summed E-state index contributed by atoms with van der Waals surface area (Å²) in [6.45, 7) is 12.9. The van der Waals surface area contributed by atoms with E-state index in [-0.39, 0.29) is 23.9 Å². The van der Waals surface area contributed by atoms with Crippen molar-refractivity contribution in [2.24, 2.45) is 0 Å². The van der Waals surface area contributed by atoms with Crippen molar-refractivity contribution < 1.29 is 18.7 Å². The van der Waals surface area contributed by atoms with Crippen LogP contribution in [0.4, 0.5) is 9.18 Å². The van der Waals surface area contributed by atoms with E-state index in [0.29, 0.717) is 25.4 Å². The largest absolute Gasteiger partial charge is 0.472 e. The molecule has 1 atom stereocenters. The summed E-state index contributed by atoms with van der Waals surface area (Å²) < 4.78 is 25.6. The fourth-order valence-corrected chi connectivity index (χ4v) is 4.32. The Kier molecular flexibility index (Phi) is 6.52. The highest BCUT2D eigenvalue weighted by Gasteiger charge is 2.32. The number of fused-ring (bicyclic) bond motifs is 1. The molecular formula is C28H33FN2O3. The van der Waals surface area contributed by atoms with Crippen LogP contribution < -0.4 is 4.74 Å². The van der Waals surface area contributed by atoms with Gasteiger partial charge in [0.25, 0.3) is 0 Å². The zero-order chi connectivity index (χ0) is 24.6. The van der Waals surface area contributed by atoms with Crippen molar-refractivity contribution in [2.75, 3.05) is 13.1 Å². The lowest BCUT2D eigenvalue weighted by Crippen LogP contribution is -2.36. The number of hydrogen-bond acceptors (Lipinski definition) is 4. The molecule has 0 radical (unpaired) electrons. The third-order valence-corrected chi connectivity index (χ3v) is 5.91. The number of nitrogens with zero attached hydrogens (tertiary/aromatic N) is 2. The van der Waals surface area contributed by atoms with Gasteiger partial charge < -0.3 is 14.4 Å². The van der Waals surface area contributed by atoms with Crippen LogP contribution in [-0.4, -0.2) is 40.8 Å². The predicted molar refractivity (Wildman–Crippen MR) is 133 cm³/mol. The number of amides is 1. The van der Waals surface area contributed by atoms with Crippen molar-refractivity contribution in [1.29, 1.82) is 0 Å². The van der Waals surface area contributed by atoms with Gasteiger partial charge in [-0.15, -0.1) is 0 Å². The minimum Gasteiger partial charge on any atom is -0.472 e.